The number of rotatable bonds is 4. The van der Waals surface area contributed by atoms with Crippen LogP contribution in [0.1, 0.15) is 43.0 Å². The largest absolute Gasteiger partial charge is 0.472 e. The van der Waals surface area contributed by atoms with Gasteiger partial charge in [0.05, 0.1) is 18.1 Å². The lowest BCUT2D eigenvalue weighted by molar-refractivity contribution is -0.141. The summed E-state index contributed by atoms with van der Waals surface area (Å²) in [6, 6.07) is 4.32. The van der Waals surface area contributed by atoms with Crippen LogP contribution >= 0.6 is 0 Å². The van der Waals surface area contributed by atoms with Crippen molar-refractivity contribution in [2.24, 2.45) is 0 Å². The minimum Gasteiger partial charge on any atom is -0.472 e. The number of alkyl halides is 3. The number of nitrogens with zero attached hydrogens (tertiary/aromatic N) is 5. The summed E-state index contributed by atoms with van der Waals surface area (Å²) in [4.78, 5) is 17.1. The molecule has 3 fully saturated rings. The van der Waals surface area contributed by atoms with Crippen molar-refractivity contribution in [2.45, 2.75) is 49.9 Å². The molecule has 2 saturated heterocycles. The molecule has 2 aromatic rings. The van der Waals surface area contributed by atoms with Crippen molar-refractivity contribution in [3.63, 3.8) is 0 Å². The van der Waals surface area contributed by atoms with Gasteiger partial charge in [-0.15, -0.1) is 0 Å². The summed E-state index contributed by atoms with van der Waals surface area (Å²) in [5.41, 5.74) is 0.189. The first-order chi connectivity index (χ1) is 14.5. The van der Waals surface area contributed by atoms with Crippen LogP contribution in [0.2, 0.25) is 0 Å². The molecule has 9 heteroatoms. The summed E-state index contributed by atoms with van der Waals surface area (Å²) in [5, 5.41) is 0. The molecule has 5 rings (SSSR count). The highest BCUT2D eigenvalue weighted by molar-refractivity contribution is 5.40. The Labute approximate surface area is 173 Å². The predicted molar refractivity (Wildman–Crippen MR) is 104 cm³/mol. The van der Waals surface area contributed by atoms with E-state index in [0.29, 0.717) is 30.7 Å². The van der Waals surface area contributed by atoms with Gasteiger partial charge in [0, 0.05) is 44.6 Å². The highest BCUT2D eigenvalue weighted by atomic mass is 19.4. The lowest BCUT2D eigenvalue weighted by atomic mass is 10.2. The molecule has 1 saturated carbocycles. The maximum absolute atomic E-state index is 13.0. The molecule has 0 unspecified atom stereocenters. The summed E-state index contributed by atoms with van der Waals surface area (Å²) in [7, 11) is 0. The standard InChI is InChI=1S/C21H24F3N5O/c22-21(23,24)18-3-1-4-19(27-18)29-8-2-7-28-13-16(9-15(28)12-29)30-20-11-25-17(10-26-20)14-5-6-14/h1,3-4,10-11,14-16H,2,5-9,12-13H2/t15-,16-/m0/s1. The van der Waals surface area contributed by atoms with Gasteiger partial charge >= 0.3 is 6.18 Å². The lowest BCUT2D eigenvalue weighted by Crippen LogP contribution is -2.37. The molecule has 30 heavy (non-hydrogen) atoms. The molecule has 0 aromatic carbocycles. The zero-order valence-electron chi connectivity index (χ0n) is 16.6. The first-order valence-corrected chi connectivity index (χ1v) is 10.5. The SMILES string of the molecule is FC(F)(F)c1cccc(N2CCCN3C[C@@H](Oc4cnc(C5CC5)cn4)C[C@H]3C2)n1. The van der Waals surface area contributed by atoms with Gasteiger partial charge in [-0.3, -0.25) is 9.88 Å². The molecule has 0 radical (unpaired) electrons. The van der Waals surface area contributed by atoms with E-state index in [1.54, 1.807) is 18.5 Å². The van der Waals surface area contributed by atoms with Crippen LogP contribution in [0.4, 0.5) is 19.0 Å². The third-order valence-corrected chi connectivity index (χ3v) is 6.07. The van der Waals surface area contributed by atoms with Gasteiger partial charge < -0.3 is 9.64 Å². The van der Waals surface area contributed by atoms with Crippen LogP contribution in [0.15, 0.2) is 30.6 Å². The maximum Gasteiger partial charge on any atom is 0.433 e. The van der Waals surface area contributed by atoms with Gasteiger partial charge in [-0.25, -0.2) is 9.97 Å². The molecule has 3 aliphatic rings. The van der Waals surface area contributed by atoms with Crippen molar-refractivity contribution >= 4 is 5.82 Å². The Morgan fingerprint density at radius 1 is 1.03 bits per heavy atom. The highest BCUT2D eigenvalue weighted by Gasteiger charge is 2.37. The van der Waals surface area contributed by atoms with Crippen molar-refractivity contribution < 1.29 is 17.9 Å². The second kappa shape index (κ2) is 7.68. The Morgan fingerprint density at radius 3 is 2.63 bits per heavy atom. The molecule has 0 bridgehead atoms. The number of pyridine rings is 1. The summed E-state index contributed by atoms with van der Waals surface area (Å²) in [6.07, 6.45) is 3.13. The van der Waals surface area contributed by atoms with Crippen molar-refractivity contribution in [1.82, 2.24) is 19.9 Å². The van der Waals surface area contributed by atoms with Crippen molar-refractivity contribution in [2.75, 3.05) is 31.1 Å². The molecule has 1 aliphatic carbocycles. The molecule has 0 spiro atoms. The number of halogens is 3. The van der Waals surface area contributed by atoms with Crippen molar-refractivity contribution in [3.05, 3.63) is 42.0 Å². The fourth-order valence-corrected chi connectivity index (χ4v) is 4.41. The van der Waals surface area contributed by atoms with E-state index in [-0.39, 0.29) is 12.1 Å². The quantitative estimate of drug-likeness (QED) is 0.756. The van der Waals surface area contributed by atoms with Crippen LogP contribution in [-0.4, -0.2) is 58.2 Å². The van der Waals surface area contributed by atoms with E-state index in [1.165, 1.54) is 18.9 Å². The van der Waals surface area contributed by atoms with Gasteiger partial charge in [0.25, 0.3) is 0 Å². The van der Waals surface area contributed by atoms with E-state index in [1.807, 2.05) is 4.90 Å². The van der Waals surface area contributed by atoms with E-state index in [0.717, 1.165) is 37.7 Å². The first kappa shape index (κ1) is 19.5. The first-order valence-electron chi connectivity index (χ1n) is 10.5. The molecule has 160 valence electrons. The summed E-state index contributed by atoms with van der Waals surface area (Å²) in [5.74, 6) is 1.49. The number of ether oxygens (including phenoxy) is 1. The molecule has 4 heterocycles. The van der Waals surface area contributed by atoms with Crippen LogP contribution in [0.25, 0.3) is 0 Å². The van der Waals surface area contributed by atoms with E-state index in [9.17, 15) is 13.2 Å². The summed E-state index contributed by atoms with van der Waals surface area (Å²) in [6.45, 7) is 3.02. The normalized spacial score (nSPS) is 25.1. The highest BCUT2D eigenvalue weighted by Crippen LogP contribution is 2.38. The average molecular weight is 419 g/mol. The Morgan fingerprint density at radius 2 is 1.90 bits per heavy atom. The molecule has 0 N–H and O–H groups in total. The monoisotopic (exact) mass is 419 g/mol. The molecule has 2 aromatic heterocycles. The van der Waals surface area contributed by atoms with E-state index in [2.05, 4.69) is 19.9 Å². The molecule has 2 aliphatic heterocycles. The minimum absolute atomic E-state index is 0.00509. The summed E-state index contributed by atoms with van der Waals surface area (Å²) >= 11 is 0. The van der Waals surface area contributed by atoms with Gasteiger partial charge in [-0.1, -0.05) is 6.07 Å². The molecule has 6 nitrogen and oxygen atoms in total. The Balaban J connectivity index is 1.24. The smallest absolute Gasteiger partial charge is 0.433 e. The van der Waals surface area contributed by atoms with Crippen LogP contribution in [0.5, 0.6) is 5.88 Å². The number of anilines is 1. The Hall–Kier alpha value is -2.42. The topological polar surface area (TPSA) is 54.4 Å². The van der Waals surface area contributed by atoms with Crippen LogP contribution < -0.4 is 9.64 Å². The van der Waals surface area contributed by atoms with Crippen molar-refractivity contribution in [1.29, 1.82) is 0 Å². The maximum atomic E-state index is 13.0. The van der Waals surface area contributed by atoms with Gasteiger partial charge in [0.1, 0.15) is 17.6 Å². The van der Waals surface area contributed by atoms with Crippen LogP contribution in [0.3, 0.4) is 0 Å². The van der Waals surface area contributed by atoms with Crippen molar-refractivity contribution in [3.8, 4) is 5.88 Å². The number of fused-ring (bicyclic) bond motifs is 1. The fourth-order valence-electron chi connectivity index (χ4n) is 4.41. The Bertz CT molecular complexity index is 887. The zero-order valence-corrected chi connectivity index (χ0v) is 16.6. The average Bonchev–Trinajstić information content (AvgIpc) is 3.53. The second-order valence-electron chi connectivity index (χ2n) is 8.36. The van der Waals surface area contributed by atoms with E-state index >= 15 is 0 Å². The predicted octanol–water partition coefficient (Wildman–Crippen LogP) is 3.50. The van der Waals surface area contributed by atoms with Gasteiger partial charge in [-0.05, 0) is 31.4 Å². The summed E-state index contributed by atoms with van der Waals surface area (Å²) < 4.78 is 45.2. The van der Waals surface area contributed by atoms with Crippen LogP contribution in [0, 0.1) is 0 Å². The van der Waals surface area contributed by atoms with Gasteiger partial charge in [0.2, 0.25) is 5.88 Å². The third kappa shape index (κ3) is 4.21. The van der Waals surface area contributed by atoms with E-state index in [4.69, 9.17) is 4.74 Å². The van der Waals surface area contributed by atoms with E-state index < -0.39 is 11.9 Å². The molecule has 0 amide bonds. The zero-order chi connectivity index (χ0) is 20.7. The van der Waals surface area contributed by atoms with Gasteiger partial charge in [0.15, 0.2) is 0 Å². The number of aromatic nitrogens is 3. The van der Waals surface area contributed by atoms with Gasteiger partial charge in [-0.2, -0.15) is 13.2 Å². The molecular weight excluding hydrogens is 395 g/mol. The number of hydrogen-bond donors (Lipinski definition) is 0. The van der Waals surface area contributed by atoms with Crippen LogP contribution in [-0.2, 0) is 6.18 Å². The second-order valence-corrected chi connectivity index (χ2v) is 8.36. The minimum atomic E-state index is -4.43. The fraction of sp³-hybridized carbons (Fsp3) is 0.571. The molecular formula is C21H24F3N5O. The Kier molecular flexibility index (Phi) is 5.00. The lowest BCUT2D eigenvalue weighted by Gasteiger charge is -2.26. The molecule has 2 atom stereocenters. The third-order valence-electron chi connectivity index (χ3n) is 6.07. The number of hydrogen-bond acceptors (Lipinski definition) is 6.